The zero-order valence-corrected chi connectivity index (χ0v) is 20.0. The Bertz CT molecular complexity index is 1350. The van der Waals surface area contributed by atoms with Crippen molar-refractivity contribution in [1.82, 2.24) is 9.55 Å². The van der Waals surface area contributed by atoms with E-state index in [1.165, 1.54) is 7.11 Å². The van der Waals surface area contributed by atoms with E-state index in [1.54, 1.807) is 49.4 Å². The molecule has 0 radical (unpaired) electrons. The van der Waals surface area contributed by atoms with Gasteiger partial charge in [-0.3, -0.25) is 9.78 Å². The Labute approximate surface area is 202 Å². The van der Waals surface area contributed by atoms with E-state index in [-0.39, 0.29) is 17.0 Å². The van der Waals surface area contributed by atoms with Crippen molar-refractivity contribution in [3.05, 3.63) is 93.0 Å². The molecule has 1 atom stereocenters. The molecule has 4 rings (SSSR count). The van der Waals surface area contributed by atoms with E-state index < -0.39 is 11.9 Å². The number of fused-ring (bicyclic) bond motifs is 1. The van der Waals surface area contributed by atoms with Gasteiger partial charge in [0, 0.05) is 30.7 Å². The Kier molecular flexibility index (Phi) is 6.77. The predicted molar refractivity (Wildman–Crippen MR) is 129 cm³/mol. The zero-order valence-electron chi connectivity index (χ0n) is 20.0. The number of carbonyl (C=O) groups excluding carboxylic acids is 1. The van der Waals surface area contributed by atoms with Crippen LogP contribution in [0, 0.1) is 6.92 Å². The quantitative estimate of drug-likeness (QED) is 0.517. The molecular weight excluding hydrogens is 450 g/mol. The summed E-state index contributed by atoms with van der Waals surface area (Å²) in [6, 6.07) is 10.9. The number of pyridine rings is 2. The standard InChI is InChI=1S/C26H27N3O6/c1-15-12-20-22(21(17-6-5-10-28-14-17)23(24(27)35-20)26(31)34-4)25(30)29(15)11-9-16-7-8-18(32-2)19(13-16)33-3/h5-8,10,12-14,21H,9,11,27H2,1-4H3. The highest BCUT2D eigenvalue weighted by molar-refractivity contribution is 5.92. The lowest BCUT2D eigenvalue weighted by Crippen LogP contribution is -2.35. The first kappa shape index (κ1) is 23.9. The summed E-state index contributed by atoms with van der Waals surface area (Å²) in [6.45, 7) is 2.23. The number of nitrogens with zero attached hydrogens (tertiary/aromatic N) is 2. The molecule has 9 heteroatoms. The topological polar surface area (TPSA) is 115 Å². The maximum atomic E-state index is 13.8. The number of rotatable bonds is 7. The largest absolute Gasteiger partial charge is 0.493 e. The second kappa shape index (κ2) is 9.92. The van der Waals surface area contributed by atoms with Crippen molar-refractivity contribution < 1.29 is 23.7 Å². The van der Waals surface area contributed by atoms with Crippen LogP contribution in [0.3, 0.4) is 0 Å². The lowest BCUT2D eigenvalue weighted by Gasteiger charge is -2.28. The Morgan fingerprint density at radius 2 is 1.91 bits per heavy atom. The highest BCUT2D eigenvalue weighted by atomic mass is 16.5. The number of methoxy groups -OCH3 is 3. The number of hydrogen-bond donors (Lipinski definition) is 1. The fraction of sp³-hybridized carbons (Fsp3) is 0.269. The van der Waals surface area contributed by atoms with Crippen molar-refractivity contribution in [2.75, 3.05) is 21.3 Å². The lowest BCUT2D eigenvalue weighted by molar-refractivity contribution is -0.136. The second-order valence-electron chi connectivity index (χ2n) is 8.05. The highest BCUT2D eigenvalue weighted by Crippen LogP contribution is 2.41. The molecule has 0 fully saturated rings. The zero-order chi connectivity index (χ0) is 25.1. The number of carbonyl (C=O) groups is 1. The fourth-order valence-electron chi connectivity index (χ4n) is 4.33. The molecule has 0 amide bonds. The number of aryl methyl sites for hydroxylation is 2. The molecule has 0 aliphatic carbocycles. The third-order valence-electron chi connectivity index (χ3n) is 6.06. The molecule has 3 heterocycles. The molecule has 182 valence electrons. The molecule has 35 heavy (non-hydrogen) atoms. The van der Waals surface area contributed by atoms with Gasteiger partial charge in [0.2, 0.25) is 5.88 Å². The molecule has 9 nitrogen and oxygen atoms in total. The normalized spacial score (nSPS) is 14.7. The van der Waals surface area contributed by atoms with Crippen LogP contribution in [0.1, 0.15) is 28.3 Å². The van der Waals surface area contributed by atoms with Gasteiger partial charge in [-0.2, -0.15) is 0 Å². The van der Waals surface area contributed by atoms with Crippen LogP contribution in [0.4, 0.5) is 0 Å². The maximum Gasteiger partial charge on any atom is 0.340 e. The minimum absolute atomic E-state index is 0.0698. The number of esters is 1. The summed E-state index contributed by atoms with van der Waals surface area (Å²) in [6.07, 6.45) is 3.79. The summed E-state index contributed by atoms with van der Waals surface area (Å²) in [5.41, 5.74) is 8.55. The Balaban J connectivity index is 1.78. The molecule has 0 bridgehead atoms. The second-order valence-corrected chi connectivity index (χ2v) is 8.05. The molecule has 1 aliphatic rings. The monoisotopic (exact) mass is 477 g/mol. The average molecular weight is 478 g/mol. The van der Waals surface area contributed by atoms with E-state index in [0.29, 0.717) is 47.0 Å². The van der Waals surface area contributed by atoms with Crippen molar-refractivity contribution in [1.29, 1.82) is 0 Å². The number of ether oxygens (including phenoxy) is 4. The smallest absolute Gasteiger partial charge is 0.340 e. The van der Waals surface area contributed by atoms with E-state index in [2.05, 4.69) is 4.98 Å². The molecule has 0 spiro atoms. The molecular formula is C26H27N3O6. The van der Waals surface area contributed by atoms with Gasteiger partial charge in [0.05, 0.1) is 32.8 Å². The number of aromatic nitrogens is 2. The molecule has 1 aromatic carbocycles. The van der Waals surface area contributed by atoms with Crippen LogP contribution in [-0.4, -0.2) is 36.8 Å². The van der Waals surface area contributed by atoms with Crippen molar-refractivity contribution in [3.63, 3.8) is 0 Å². The van der Waals surface area contributed by atoms with Crippen LogP contribution in [0.15, 0.2) is 65.0 Å². The molecule has 1 unspecified atom stereocenters. The van der Waals surface area contributed by atoms with Crippen LogP contribution in [0.5, 0.6) is 17.2 Å². The number of benzene rings is 1. The highest BCUT2D eigenvalue weighted by Gasteiger charge is 2.38. The summed E-state index contributed by atoms with van der Waals surface area (Å²) in [4.78, 5) is 30.7. The SMILES string of the molecule is COC(=O)C1=C(N)Oc2cc(C)n(CCc3ccc(OC)c(OC)c3)c(=O)c2C1c1cccnc1. The van der Waals surface area contributed by atoms with Crippen molar-refractivity contribution in [3.8, 4) is 17.2 Å². The van der Waals surface area contributed by atoms with Gasteiger partial charge in [0.25, 0.3) is 5.56 Å². The van der Waals surface area contributed by atoms with E-state index in [0.717, 1.165) is 5.56 Å². The van der Waals surface area contributed by atoms with Crippen LogP contribution < -0.4 is 25.5 Å². The van der Waals surface area contributed by atoms with E-state index in [9.17, 15) is 9.59 Å². The molecule has 0 saturated heterocycles. The first-order chi connectivity index (χ1) is 16.9. The van der Waals surface area contributed by atoms with Gasteiger partial charge in [-0.05, 0) is 42.7 Å². The van der Waals surface area contributed by atoms with Gasteiger partial charge < -0.3 is 29.2 Å². The predicted octanol–water partition coefficient (Wildman–Crippen LogP) is 2.68. The van der Waals surface area contributed by atoms with Gasteiger partial charge in [0.15, 0.2) is 11.5 Å². The lowest BCUT2D eigenvalue weighted by atomic mass is 9.84. The Hall–Kier alpha value is -4.27. The van der Waals surface area contributed by atoms with Gasteiger partial charge in [-0.1, -0.05) is 12.1 Å². The van der Waals surface area contributed by atoms with E-state index >= 15 is 0 Å². The number of nitrogens with two attached hydrogens (primary N) is 1. The van der Waals surface area contributed by atoms with Crippen LogP contribution in [0.2, 0.25) is 0 Å². The third kappa shape index (κ3) is 4.44. The Morgan fingerprint density at radius 3 is 2.57 bits per heavy atom. The van der Waals surface area contributed by atoms with Crippen LogP contribution >= 0.6 is 0 Å². The molecule has 2 N–H and O–H groups in total. The fourth-order valence-corrected chi connectivity index (χ4v) is 4.33. The molecule has 0 saturated carbocycles. The molecule has 2 aromatic heterocycles. The summed E-state index contributed by atoms with van der Waals surface area (Å²) in [7, 11) is 4.42. The minimum atomic E-state index is -0.777. The summed E-state index contributed by atoms with van der Waals surface area (Å²) in [5, 5.41) is 0. The molecule has 3 aromatic rings. The first-order valence-corrected chi connectivity index (χ1v) is 11.0. The minimum Gasteiger partial charge on any atom is -0.493 e. The molecule has 1 aliphatic heterocycles. The summed E-state index contributed by atoms with van der Waals surface area (Å²) < 4.78 is 23.1. The third-order valence-corrected chi connectivity index (χ3v) is 6.06. The summed E-state index contributed by atoms with van der Waals surface area (Å²) >= 11 is 0. The van der Waals surface area contributed by atoms with Gasteiger partial charge in [0.1, 0.15) is 11.3 Å². The van der Waals surface area contributed by atoms with Gasteiger partial charge >= 0.3 is 5.97 Å². The van der Waals surface area contributed by atoms with Gasteiger partial charge in [-0.15, -0.1) is 0 Å². The summed E-state index contributed by atoms with van der Waals surface area (Å²) in [5.74, 6) is 0.0237. The van der Waals surface area contributed by atoms with Crippen molar-refractivity contribution in [2.45, 2.75) is 25.8 Å². The van der Waals surface area contributed by atoms with Crippen LogP contribution in [0.25, 0.3) is 0 Å². The van der Waals surface area contributed by atoms with E-state index in [1.807, 2.05) is 25.1 Å². The average Bonchev–Trinajstić information content (AvgIpc) is 2.87. The Morgan fingerprint density at radius 1 is 1.14 bits per heavy atom. The maximum absolute atomic E-state index is 13.8. The van der Waals surface area contributed by atoms with Crippen molar-refractivity contribution >= 4 is 5.97 Å². The van der Waals surface area contributed by atoms with Crippen LogP contribution in [-0.2, 0) is 22.5 Å². The number of hydrogen-bond acceptors (Lipinski definition) is 8. The first-order valence-electron chi connectivity index (χ1n) is 11.0. The van der Waals surface area contributed by atoms with Crippen molar-refractivity contribution in [2.24, 2.45) is 5.73 Å². The van der Waals surface area contributed by atoms with E-state index in [4.69, 9.17) is 24.7 Å². The van der Waals surface area contributed by atoms with Gasteiger partial charge in [-0.25, -0.2) is 4.79 Å².